The molecule has 2 rings (SSSR count). The predicted molar refractivity (Wildman–Crippen MR) is 83.3 cm³/mol. The molecular weight excluding hydrogens is 250 g/mol. The second-order valence-corrected chi connectivity index (χ2v) is 5.62. The molecular formula is C17H25NO2. The Morgan fingerprint density at radius 2 is 2.10 bits per heavy atom. The third-order valence-corrected chi connectivity index (χ3v) is 3.41. The molecule has 3 heteroatoms. The van der Waals surface area contributed by atoms with E-state index in [9.17, 15) is 0 Å². The minimum atomic E-state index is 0.604. The van der Waals surface area contributed by atoms with Crippen molar-refractivity contribution in [3.05, 3.63) is 29.5 Å². The van der Waals surface area contributed by atoms with Gasteiger partial charge < -0.3 is 14.5 Å². The van der Waals surface area contributed by atoms with Crippen LogP contribution < -0.4 is 10.1 Å². The molecule has 0 unspecified atom stereocenters. The summed E-state index contributed by atoms with van der Waals surface area (Å²) in [6.07, 6.45) is 2.16. The van der Waals surface area contributed by atoms with Crippen LogP contribution in [0, 0.1) is 5.92 Å². The normalized spacial score (nSPS) is 11.4. The summed E-state index contributed by atoms with van der Waals surface area (Å²) in [5.41, 5.74) is 2.19. The molecule has 0 fully saturated rings. The fourth-order valence-corrected chi connectivity index (χ4v) is 2.51. The molecule has 0 saturated heterocycles. The van der Waals surface area contributed by atoms with E-state index in [-0.39, 0.29) is 0 Å². The number of ether oxygens (including phenoxy) is 1. The van der Waals surface area contributed by atoms with E-state index in [0.717, 1.165) is 43.0 Å². The smallest absolute Gasteiger partial charge is 0.176 e. The van der Waals surface area contributed by atoms with Crippen molar-refractivity contribution in [3.63, 3.8) is 0 Å². The number of hydrogen-bond donors (Lipinski definition) is 1. The third kappa shape index (κ3) is 3.15. The molecule has 1 aromatic carbocycles. The number of para-hydroxylation sites is 1. The Balaban J connectivity index is 2.42. The van der Waals surface area contributed by atoms with E-state index in [1.807, 2.05) is 12.1 Å². The highest BCUT2D eigenvalue weighted by Crippen LogP contribution is 2.34. The lowest BCUT2D eigenvalue weighted by atomic mass is 9.99. The maximum Gasteiger partial charge on any atom is 0.176 e. The maximum atomic E-state index is 6.08. The molecule has 0 bridgehead atoms. The quantitative estimate of drug-likeness (QED) is 0.771. The SMILES string of the molecule is CCCNCc1oc2c(OC)cccc2c1CC(C)C. The van der Waals surface area contributed by atoms with Crippen molar-refractivity contribution in [1.29, 1.82) is 0 Å². The summed E-state index contributed by atoms with van der Waals surface area (Å²) < 4.78 is 11.5. The number of furan rings is 1. The molecule has 0 aliphatic heterocycles. The van der Waals surface area contributed by atoms with Crippen LogP contribution in [0.15, 0.2) is 22.6 Å². The molecule has 2 aromatic rings. The number of nitrogens with one attached hydrogen (secondary N) is 1. The molecule has 0 aliphatic carbocycles. The zero-order valence-corrected chi connectivity index (χ0v) is 13.0. The lowest BCUT2D eigenvalue weighted by molar-refractivity contribution is 0.405. The molecule has 0 spiro atoms. The Morgan fingerprint density at radius 3 is 2.75 bits per heavy atom. The number of methoxy groups -OCH3 is 1. The van der Waals surface area contributed by atoms with Gasteiger partial charge >= 0.3 is 0 Å². The van der Waals surface area contributed by atoms with Crippen LogP contribution in [0.3, 0.4) is 0 Å². The first-order valence-electron chi connectivity index (χ1n) is 7.45. The van der Waals surface area contributed by atoms with Crippen molar-refractivity contribution >= 4 is 11.0 Å². The molecule has 1 aromatic heterocycles. The minimum Gasteiger partial charge on any atom is -0.493 e. The van der Waals surface area contributed by atoms with Crippen LogP contribution in [0.1, 0.15) is 38.5 Å². The molecule has 3 nitrogen and oxygen atoms in total. The average molecular weight is 275 g/mol. The second kappa shape index (κ2) is 6.80. The molecule has 0 saturated carbocycles. The fraction of sp³-hybridized carbons (Fsp3) is 0.529. The van der Waals surface area contributed by atoms with E-state index in [2.05, 4.69) is 32.2 Å². The first-order chi connectivity index (χ1) is 9.67. The van der Waals surface area contributed by atoms with Crippen LogP contribution in [0.25, 0.3) is 11.0 Å². The van der Waals surface area contributed by atoms with E-state index in [1.54, 1.807) is 7.11 Å². The molecule has 1 N–H and O–H groups in total. The Bertz CT molecular complexity index is 557. The summed E-state index contributed by atoms with van der Waals surface area (Å²) >= 11 is 0. The zero-order chi connectivity index (χ0) is 14.5. The molecule has 0 radical (unpaired) electrons. The van der Waals surface area contributed by atoms with Gasteiger partial charge in [0.25, 0.3) is 0 Å². The molecule has 20 heavy (non-hydrogen) atoms. The Labute approximate surface area is 121 Å². The summed E-state index contributed by atoms with van der Waals surface area (Å²) in [4.78, 5) is 0. The number of fused-ring (bicyclic) bond motifs is 1. The van der Waals surface area contributed by atoms with Gasteiger partial charge in [-0.2, -0.15) is 0 Å². The molecule has 0 amide bonds. The fourth-order valence-electron chi connectivity index (χ4n) is 2.51. The van der Waals surface area contributed by atoms with Crippen LogP contribution in [0.5, 0.6) is 5.75 Å². The first kappa shape index (κ1) is 14.9. The highest BCUT2D eigenvalue weighted by Gasteiger charge is 2.17. The van der Waals surface area contributed by atoms with Gasteiger partial charge in [-0.1, -0.05) is 32.9 Å². The first-order valence-corrected chi connectivity index (χ1v) is 7.45. The Kier molecular flexibility index (Phi) is 5.07. The number of rotatable bonds is 7. The van der Waals surface area contributed by atoms with Gasteiger partial charge in [0.15, 0.2) is 11.3 Å². The molecule has 0 aliphatic rings. The summed E-state index contributed by atoms with van der Waals surface area (Å²) in [5.74, 6) is 2.47. The minimum absolute atomic E-state index is 0.604. The highest BCUT2D eigenvalue weighted by atomic mass is 16.5. The van der Waals surface area contributed by atoms with Gasteiger partial charge in [0.2, 0.25) is 0 Å². The van der Waals surface area contributed by atoms with E-state index >= 15 is 0 Å². The lowest BCUT2D eigenvalue weighted by Gasteiger charge is -2.07. The topological polar surface area (TPSA) is 34.4 Å². The predicted octanol–water partition coefficient (Wildman–Crippen LogP) is 4.14. The summed E-state index contributed by atoms with van der Waals surface area (Å²) in [5, 5.41) is 4.62. The summed E-state index contributed by atoms with van der Waals surface area (Å²) in [6.45, 7) is 8.44. The monoisotopic (exact) mass is 275 g/mol. The maximum absolute atomic E-state index is 6.08. The van der Waals surface area contributed by atoms with Gasteiger partial charge in [0, 0.05) is 10.9 Å². The van der Waals surface area contributed by atoms with E-state index < -0.39 is 0 Å². The number of hydrogen-bond acceptors (Lipinski definition) is 3. The van der Waals surface area contributed by atoms with Crippen molar-refractivity contribution in [2.24, 2.45) is 5.92 Å². The highest BCUT2D eigenvalue weighted by molar-refractivity contribution is 5.87. The Morgan fingerprint density at radius 1 is 1.30 bits per heavy atom. The van der Waals surface area contributed by atoms with Crippen LogP contribution in [0.4, 0.5) is 0 Å². The van der Waals surface area contributed by atoms with Crippen molar-refractivity contribution in [2.75, 3.05) is 13.7 Å². The van der Waals surface area contributed by atoms with Crippen molar-refractivity contribution in [1.82, 2.24) is 5.32 Å². The third-order valence-electron chi connectivity index (χ3n) is 3.41. The van der Waals surface area contributed by atoms with E-state index in [1.165, 1.54) is 10.9 Å². The number of benzene rings is 1. The van der Waals surface area contributed by atoms with Gasteiger partial charge in [0.1, 0.15) is 5.76 Å². The molecule has 0 atom stereocenters. The average Bonchev–Trinajstić information content (AvgIpc) is 2.77. The van der Waals surface area contributed by atoms with E-state index in [4.69, 9.17) is 9.15 Å². The zero-order valence-electron chi connectivity index (χ0n) is 13.0. The molecule has 1 heterocycles. The van der Waals surface area contributed by atoms with Crippen LogP contribution >= 0.6 is 0 Å². The van der Waals surface area contributed by atoms with E-state index in [0.29, 0.717) is 5.92 Å². The van der Waals surface area contributed by atoms with Crippen molar-refractivity contribution in [3.8, 4) is 5.75 Å². The van der Waals surface area contributed by atoms with Crippen molar-refractivity contribution in [2.45, 2.75) is 40.2 Å². The van der Waals surface area contributed by atoms with Crippen LogP contribution in [0.2, 0.25) is 0 Å². The summed E-state index contributed by atoms with van der Waals surface area (Å²) in [7, 11) is 1.69. The van der Waals surface area contributed by atoms with Gasteiger partial charge in [-0.15, -0.1) is 0 Å². The Hall–Kier alpha value is -1.48. The second-order valence-electron chi connectivity index (χ2n) is 5.62. The van der Waals surface area contributed by atoms with Crippen LogP contribution in [-0.4, -0.2) is 13.7 Å². The van der Waals surface area contributed by atoms with Gasteiger partial charge in [-0.05, 0) is 31.4 Å². The largest absolute Gasteiger partial charge is 0.493 e. The lowest BCUT2D eigenvalue weighted by Crippen LogP contribution is -2.14. The standard InChI is InChI=1S/C17H25NO2/c1-5-9-18-11-16-14(10-12(2)3)13-7-6-8-15(19-4)17(13)20-16/h6-8,12,18H,5,9-11H2,1-4H3. The van der Waals surface area contributed by atoms with Gasteiger partial charge in [-0.3, -0.25) is 0 Å². The molecule has 110 valence electrons. The van der Waals surface area contributed by atoms with Crippen molar-refractivity contribution < 1.29 is 9.15 Å². The summed E-state index contributed by atoms with van der Waals surface area (Å²) in [6, 6.07) is 6.11. The van der Waals surface area contributed by atoms with Crippen LogP contribution in [-0.2, 0) is 13.0 Å². The van der Waals surface area contributed by atoms with Gasteiger partial charge in [-0.25, -0.2) is 0 Å². The van der Waals surface area contributed by atoms with Gasteiger partial charge in [0.05, 0.1) is 13.7 Å².